The Labute approximate surface area is 187 Å². The first kappa shape index (κ1) is 20.0. The van der Waals surface area contributed by atoms with Crippen molar-refractivity contribution in [2.45, 2.75) is 18.6 Å². The lowest BCUT2D eigenvalue weighted by Crippen LogP contribution is -2.36. The molecule has 0 bridgehead atoms. The van der Waals surface area contributed by atoms with E-state index in [9.17, 15) is 4.79 Å². The Kier molecular flexibility index (Phi) is 5.42. The fourth-order valence-electron chi connectivity index (χ4n) is 4.21. The summed E-state index contributed by atoms with van der Waals surface area (Å²) < 4.78 is 7.75. The van der Waals surface area contributed by atoms with Crippen molar-refractivity contribution < 1.29 is 9.53 Å². The maximum atomic E-state index is 13.1. The molecule has 160 valence electrons. The van der Waals surface area contributed by atoms with Gasteiger partial charge in [0.15, 0.2) is 5.69 Å². The van der Waals surface area contributed by atoms with E-state index < -0.39 is 0 Å². The zero-order valence-electron chi connectivity index (χ0n) is 17.8. The summed E-state index contributed by atoms with van der Waals surface area (Å²) in [6, 6.07) is 28.1. The number of amides is 1. The van der Waals surface area contributed by atoms with Crippen LogP contribution in [0.3, 0.4) is 0 Å². The Balaban J connectivity index is 1.34. The van der Waals surface area contributed by atoms with Crippen LogP contribution in [0.2, 0.25) is 0 Å². The SMILES string of the molecule is CN(C[C@H]1Cc2ccccc2O1)C(=O)c1cn(C(c2ccccc2)c2ccccc2)nn1. The molecule has 0 fully saturated rings. The van der Waals surface area contributed by atoms with Crippen LogP contribution in [0.1, 0.15) is 33.2 Å². The molecule has 0 unspecified atom stereocenters. The summed E-state index contributed by atoms with van der Waals surface area (Å²) >= 11 is 0. The van der Waals surface area contributed by atoms with Gasteiger partial charge in [0.2, 0.25) is 0 Å². The van der Waals surface area contributed by atoms with E-state index in [4.69, 9.17) is 4.74 Å². The van der Waals surface area contributed by atoms with E-state index in [0.29, 0.717) is 12.2 Å². The topological polar surface area (TPSA) is 60.2 Å². The molecule has 1 aromatic heterocycles. The zero-order valence-corrected chi connectivity index (χ0v) is 17.8. The molecule has 2 heterocycles. The number of rotatable bonds is 6. The van der Waals surface area contributed by atoms with Gasteiger partial charge in [-0.05, 0) is 22.8 Å². The lowest BCUT2D eigenvalue weighted by Gasteiger charge is -2.20. The highest BCUT2D eigenvalue weighted by atomic mass is 16.5. The Morgan fingerprint density at radius 1 is 1.00 bits per heavy atom. The summed E-state index contributed by atoms with van der Waals surface area (Å²) in [7, 11) is 1.78. The Morgan fingerprint density at radius 2 is 1.62 bits per heavy atom. The lowest BCUT2D eigenvalue weighted by molar-refractivity contribution is 0.0724. The van der Waals surface area contributed by atoms with Crippen molar-refractivity contribution in [1.82, 2.24) is 19.9 Å². The van der Waals surface area contributed by atoms with Crippen LogP contribution in [0.5, 0.6) is 5.75 Å². The number of ether oxygens (including phenoxy) is 1. The molecule has 0 aliphatic carbocycles. The van der Waals surface area contributed by atoms with Gasteiger partial charge in [-0.1, -0.05) is 84.1 Å². The van der Waals surface area contributed by atoms with Gasteiger partial charge in [-0.15, -0.1) is 5.10 Å². The van der Waals surface area contributed by atoms with Crippen molar-refractivity contribution in [2.75, 3.05) is 13.6 Å². The second kappa shape index (κ2) is 8.67. The number of hydrogen-bond donors (Lipinski definition) is 0. The second-order valence-electron chi connectivity index (χ2n) is 8.05. The van der Waals surface area contributed by atoms with Crippen molar-refractivity contribution >= 4 is 5.91 Å². The number of nitrogens with zero attached hydrogens (tertiary/aromatic N) is 4. The molecule has 3 aromatic carbocycles. The van der Waals surface area contributed by atoms with Gasteiger partial charge in [-0.3, -0.25) is 4.79 Å². The van der Waals surface area contributed by atoms with Crippen LogP contribution in [0, 0.1) is 0 Å². The number of carbonyl (C=O) groups is 1. The second-order valence-corrected chi connectivity index (χ2v) is 8.05. The molecule has 1 atom stereocenters. The summed E-state index contributed by atoms with van der Waals surface area (Å²) in [5.74, 6) is 0.730. The lowest BCUT2D eigenvalue weighted by atomic mass is 9.99. The van der Waals surface area contributed by atoms with Gasteiger partial charge in [0, 0.05) is 13.5 Å². The van der Waals surface area contributed by atoms with Crippen molar-refractivity contribution in [3.8, 4) is 5.75 Å². The number of carbonyl (C=O) groups excluding carboxylic acids is 1. The van der Waals surface area contributed by atoms with E-state index in [0.717, 1.165) is 23.3 Å². The van der Waals surface area contributed by atoms with E-state index in [1.165, 1.54) is 5.56 Å². The Hall–Kier alpha value is -3.93. The maximum absolute atomic E-state index is 13.1. The van der Waals surface area contributed by atoms with Crippen molar-refractivity contribution in [1.29, 1.82) is 0 Å². The molecule has 0 spiro atoms. The van der Waals surface area contributed by atoms with Gasteiger partial charge >= 0.3 is 0 Å². The van der Waals surface area contributed by atoms with Gasteiger partial charge in [-0.25, -0.2) is 4.68 Å². The van der Waals surface area contributed by atoms with Crippen LogP contribution in [-0.2, 0) is 6.42 Å². The molecule has 0 radical (unpaired) electrons. The summed E-state index contributed by atoms with van der Waals surface area (Å²) in [5.41, 5.74) is 3.65. The van der Waals surface area contributed by atoms with Crippen molar-refractivity contribution in [3.05, 3.63) is 114 Å². The molecule has 6 nitrogen and oxygen atoms in total. The normalized spacial score (nSPS) is 14.8. The number of aromatic nitrogens is 3. The highest BCUT2D eigenvalue weighted by molar-refractivity contribution is 5.91. The predicted octanol–water partition coefficient (Wildman–Crippen LogP) is 3.99. The van der Waals surface area contributed by atoms with Crippen LogP contribution in [0.15, 0.2) is 91.1 Å². The predicted molar refractivity (Wildman–Crippen MR) is 122 cm³/mol. The molecule has 1 aliphatic heterocycles. The van der Waals surface area contributed by atoms with Crippen LogP contribution < -0.4 is 4.74 Å². The molecule has 32 heavy (non-hydrogen) atoms. The molecule has 1 aliphatic rings. The molecule has 0 saturated heterocycles. The minimum Gasteiger partial charge on any atom is -0.488 e. The quantitative estimate of drug-likeness (QED) is 0.470. The van der Waals surface area contributed by atoms with Gasteiger partial charge in [0.1, 0.15) is 17.9 Å². The van der Waals surface area contributed by atoms with Crippen molar-refractivity contribution in [3.63, 3.8) is 0 Å². The first-order chi connectivity index (χ1) is 15.7. The molecule has 6 heteroatoms. The minimum atomic E-state index is -0.171. The maximum Gasteiger partial charge on any atom is 0.275 e. The number of likely N-dealkylation sites (N-methyl/N-ethyl adjacent to an activating group) is 1. The van der Waals surface area contributed by atoms with Crippen LogP contribution in [0.4, 0.5) is 0 Å². The molecule has 1 amide bonds. The van der Waals surface area contributed by atoms with Gasteiger partial charge < -0.3 is 9.64 Å². The zero-order chi connectivity index (χ0) is 21.9. The summed E-state index contributed by atoms with van der Waals surface area (Å²) in [5, 5.41) is 8.53. The number of hydrogen-bond acceptors (Lipinski definition) is 4. The largest absolute Gasteiger partial charge is 0.488 e. The van der Waals surface area contributed by atoms with Gasteiger partial charge in [-0.2, -0.15) is 0 Å². The number of benzene rings is 3. The van der Waals surface area contributed by atoms with Gasteiger partial charge in [0.05, 0.1) is 12.7 Å². The van der Waals surface area contributed by atoms with E-state index in [1.807, 2.05) is 54.6 Å². The van der Waals surface area contributed by atoms with E-state index in [-0.39, 0.29) is 18.1 Å². The third-order valence-electron chi connectivity index (χ3n) is 5.76. The molecule has 0 saturated carbocycles. The average Bonchev–Trinajstić information content (AvgIpc) is 3.47. The summed E-state index contributed by atoms with van der Waals surface area (Å²) in [6.07, 6.45) is 2.47. The molecule has 0 N–H and O–H groups in total. The van der Waals surface area contributed by atoms with Crippen LogP contribution in [0.25, 0.3) is 0 Å². The van der Waals surface area contributed by atoms with Crippen LogP contribution >= 0.6 is 0 Å². The van der Waals surface area contributed by atoms with E-state index in [2.05, 4.69) is 40.6 Å². The third-order valence-corrected chi connectivity index (χ3v) is 5.76. The minimum absolute atomic E-state index is 0.0576. The first-order valence-corrected chi connectivity index (χ1v) is 10.7. The van der Waals surface area contributed by atoms with Crippen LogP contribution in [-0.4, -0.2) is 45.5 Å². The van der Waals surface area contributed by atoms with Gasteiger partial charge in [0.25, 0.3) is 5.91 Å². The number of fused-ring (bicyclic) bond motifs is 1. The van der Waals surface area contributed by atoms with E-state index in [1.54, 1.807) is 22.8 Å². The molecular weight excluding hydrogens is 400 g/mol. The standard InChI is InChI=1S/C26H24N4O2/c1-29(17-22-16-21-14-8-9-15-24(21)32-22)26(31)23-18-30(28-27-23)25(19-10-4-2-5-11-19)20-12-6-3-7-13-20/h2-15,18,22,25H,16-17H2,1H3/t22-/m1/s1. The van der Waals surface area contributed by atoms with E-state index >= 15 is 0 Å². The Bertz CT molecular complexity index is 1140. The fourth-order valence-corrected chi connectivity index (χ4v) is 4.21. The highest BCUT2D eigenvalue weighted by Crippen LogP contribution is 2.29. The Morgan fingerprint density at radius 3 is 2.28 bits per heavy atom. The average molecular weight is 425 g/mol. The number of para-hydroxylation sites is 1. The van der Waals surface area contributed by atoms with Crippen molar-refractivity contribution in [2.24, 2.45) is 0 Å². The third kappa shape index (κ3) is 3.99. The molecular formula is C26H24N4O2. The summed E-state index contributed by atoms with van der Waals surface area (Å²) in [6.45, 7) is 0.487. The molecule has 5 rings (SSSR count). The monoisotopic (exact) mass is 424 g/mol. The fraction of sp³-hybridized carbons (Fsp3) is 0.192. The molecule has 4 aromatic rings. The smallest absolute Gasteiger partial charge is 0.275 e. The highest BCUT2D eigenvalue weighted by Gasteiger charge is 2.27. The first-order valence-electron chi connectivity index (χ1n) is 10.7. The summed E-state index contributed by atoms with van der Waals surface area (Å²) in [4.78, 5) is 14.7.